The molecule has 0 saturated heterocycles. The maximum absolute atomic E-state index is 10.3. The zero-order valence-corrected chi connectivity index (χ0v) is 25.5. The van der Waals surface area contributed by atoms with Gasteiger partial charge in [0.05, 0.1) is 17.2 Å². The van der Waals surface area contributed by atoms with Crippen molar-refractivity contribution in [1.29, 1.82) is 5.26 Å². The lowest BCUT2D eigenvalue weighted by Crippen LogP contribution is -2.61. The molecule has 0 saturated carbocycles. The molecular formula is C37H33N2OSi+. The molecule has 0 radical (unpaired) electrons. The lowest BCUT2D eigenvalue weighted by molar-refractivity contribution is -0.660. The molecule has 0 N–H and O–H groups in total. The van der Waals surface area contributed by atoms with Crippen molar-refractivity contribution in [2.75, 3.05) is 0 Å². The van der Waals surface area contributed by atoms with Gasteiger partial charge in [-0.1, -0.05) is 86.7 Å². The van der Waals surface area contributed by atoms with Crippen molar-refractivity contribution in [1.82, 2.24) is 0 Å². The van der Waals surface area contributed by atoms with Gasteiger partial charge in [-0.05, 0) is 52.6 Å². The summed E-state index contributed by atoms with van der Waals surface area (Å²) in [6.45, 7) is 11.7. The molecule has 3 heterocycles. The molecule has 4 heteroatoms. The predicted molar refractivity (Wildman–Crippen MR) is 171 cm³/mol. The van der Waals surface area contributed by atoms with E-state index in [0.29, 0.717) is 5.56 Å². The van der Waals surface area contributed by atoms with Crippen LogP contribution in [0.4, 0.5) is 0 Å². The van der Waals surface area contributed by atoms with Crippen LogP contribution in [0.25, 0.3) is 44.3 Å². The number of pyridine rings is 1. The third-order valence-electron chi connectivity index (χ3n) is 9.38. The zero-order valence-electron chi connectivity index (χ0n) is 24.5. The first kappa shape index (κ1) is 25.5. The molecule has 1 aliphatic heterocycles. The van der Waals surface area contributed by atoms with Crippen LogP contribution >= 0.6 is 0 Å². The van der Waals surface area contributed by atoms with E-state index in [1.165, 1.54) is 21.5 Å². The molecule has 0 atom stereocenters. The third kappa shape index (κ3) is 3.52. The molecule has 2 aromatic heterocycles. The molecule has 0 bridgehead atoms. The summed E-state index contributed by atoms with van der Waals surface area (Å²) in [5.74, 6) is 0. The number of hydrogen-bond donors (Lipinski definition) is 0. The summed E-state index contributed by atoms with van der Waals surface area (Å²) in [4.78, 5) is 0. The van der Waals surface area contributed by atoms with Crippen LogP contribution in [-0.4, -0.2) is 8.07 Å². The summed E-state index contributed by atoms with van der Waals surface area (Å²) in [5.41, 5.74) is 10.3. The lowest BCUT2D eigenvalue weighted by atomic mass is 9.77. The van der Waals surface area contributed by atoms with Gasteiger partial charge in [-0.15, -0.1) is 0 Å². The molecule has 4 aromatic carbocycles. The highest BCUT2D eigenvalue weighted by Gasteiger charge is 2.42. The molecule has 41 heavy (non-hydrogen) atoms. The van der Waals surface area contributed by atoms with Gasteiger partial charge in [0.2, 0.25) is 5.69 Å². The van der Waals surface area contributed by atoms with Crippen LogP contribution in [0.1, 0.15) is 36.1 Å². The maximum atomic E-state index is 10.3. The van der Waals surface area contributed by atoms with Crippen LogP contribution in [-0.2, 0) is 12.5 Å². The van der Waals surface area contributed by atoms with Crippen molar-refractivity contribution in [2.24, 2.45) is 7.05 Å². The Labute approximate surface area is 242 Å². The van der Waals surface area contributed by atoms with Crippen molar-refractivity contribution in [2.45, 2.75) is 39.3 Å². The Kier molecular flexibility index (Phi) is 5.45. The number of furan rings is 1. The fourth-order valence-electron chi connectivity index (χ4n) is 7.11. The van der Waals surface area contributed by atoms with Crippen LogP contribution in [0.15, 0.2) is 95.5 Å². The van der Waals surface area contributed by atoms with E-state index in [-0.39, 0.29) is 5.41 Å². The predicted octanol–water partition coefficient (Wildman–Crippen LogP) is 7.39. The number of aryl methyl sites for hydroxylation is 2. The highest BCUT2D eigenvalue weighted by Crippen LogP contribution is 2.43. The summed E-state index contributed by atoms with van der Waals surface area (Å²) < 4.78 is 8.97. The minimum atomic E-state index is -1.99. The fraction of sp³-hybridized carbons (Fsp3) is 0.189. The average molecular weight is 550 g/mol. The SMILES string of the molecule is Cc1ccc2c(oc3c(-c4ccc5c(c4)[Si](C)(C)c4ccccc4C5(C)C)c(C#N)ccc32)c1-c1cccc[n+]1C. The van der Waals surface area contributed by atoms with Gasteiger partial charge in [-0.25, -0.2) is 4.57 Å². The number of benzene rings is 4. The molecule has 0 amide bonds. The van der Waals surface area contributed by atoms with Crippen LogP contribution in [0.3, 0.4) is 0 Å². The van der Waals surface area contributed by atoms with Crippen LogP contribution in [0.5, 0.6) is 0 Å². The number of rotatable bonds is 2. The number of nitriles is 1. The van der Waals surface area contributed by atoms with E-state index in [2.05, 4.69) is 124 Å². The van der Waals surface area contributed by atoms with Crippen LogP contribution in [0, 0.1) is 18.3 Å². The molecular weight excluding hydrogens is 517 g/mol. The minimum Gasteiger partial charge on any atom is -0.454 e. The second kappa shape index (κ2) is 8.77. The molecule has 0 spiro atoms. The first-order chi connectivity index (χ1) is 19.6. The Morgan fingerprint density at radius 1 is 0.780 bits per heavy atom. The minimum absolute atomic E-state index is 0.0892. The Bertz CT molecular complexity index is 2090. The molecule has 7 rings (SSSR count). The number of fused-ring (bicyclic) bond motifs is 5. The van der Waals surface area contributed by atoms with Gasteiger partial charge in [0.15, 0.2) is 6.20 Å². The molecule has 3 nitrogen and oxygen atoms in total. The Morgan fingerprint density at radius 2 is 1.46 bits per heavy atom. The quantitative estimate of drug-likeness (QED) is 0.167. The molecule has 0 fully saturated rings. The van der Waals surface area contributed by atoms with Crippen molar-refractivity contribution in [3.8, 4) is 28.5 Å². The lowest BCUT2D eigenvalue weighted by Gasteiger charge is -2.43. The van der Waals surface area contributed by atoms with Crippen molar-refractivity contribution in [3.05, 3.63) is 113 Å². The highest BCUT2D eigenvalue weighted by atomic mass is 28.3. The van der Waals surface area contributed by atoms with E-state index in [4.69, 9.17) is 4.42 Å². The Morgan fingerprint density at radius 3 is 2.22 bits per heavy atom. The van der Waals surface area contributed by atoms with Gasteiger partial charge in [0.25, 0.3) is 0 Å². The average Bonchev–Trinajstić information content (AvgIpc) is 3.35. The largest absolute Gasteiger partial charge is 0.454 e. The van der Waals surface area contributed by atoms with Crippen LogP contribution < -0.4 is 14.9 Å². The molecule has 0 unspecified atom stereocenters. The fourth-order valence-corrected chi connectivity index (χ4v) is 10.6. The Hall–Kier alpha value is -4.46. The maximum Gasteiger partial charge on any atom is 0.216 e. The van der Waals surface area contributed by atoms with E-state index in [1.54, 1.807) is 0 Å². The summed E-state index contributed by atoms with van der Waals surface area (Å²) >= 11 is 0. The van der Waals surface area contributed by atoms with E-state index >= 15 is 0 Å². The number of aromatic nitrogens is 1. The summed E-state index contributed by atoms with van der Waals surface area (Å²) in [6, 6.07) is 32.9. The molecule has 0 aliphatic carbocycles. The Balaban J connectivity index is 1.53. The molecule has 1 aliphatic rings. The summed E-state index contributed by atoms with van der Waals surface area (Å²) in [5, 5.41) is 15.3. The van der Waals surface area contributed by atoms with E-state index in [0.717, 1.165) is 49.9 Å². The van der Waals surface area contributed by atoms with E-state index < -0.39 is 8.07 Å². The van der Waals surface area contributed by atoms with Gasteiger partial charge >= 0.3 is 0 Å². The zero-order chi connectivity index (χ0) is 28.7. The van der Waals surface area contributed by atoms with Gasteiger partial charge in [-0.3, -0.25) is 0 Å². The topological polar surface area (TPSA) is 40.8 Å². The molecule has 6 aromatic rings. The second-order valence-electron chi connectivity index (χ2n) is 12.5. The normalized spacial score (nSPS) is 15.0. The van der Waals surface area contributed by atoms with E-state index in [9.17, 15) is 5.26 Å². The summed E-state index contributed by atoms with van der Waals surface area (Å²) in [6.07, 6.45) is 2.06. The third-order valence-corrected chi connectivity index (χ3v) is 12.9. The summed E-state index contributed by atoms with van der Waals surface area (Å²) in [7, 11) is 0.0685. The van der Waals surface area contributed by atoms with Crippen molar-refractivity contribution in [3.63, 3.8) is 0 Å². The standard InChI is InChI=1S/C37H33N2OSi/c1-23-14-17-26-27-18-15-25(22-38)34(36(27)40-35(26)33(23)30-12-9-10-20-39(30)4)24-16-19-29-32(21-24)41(5,6)31-13-8-7-11-28(31)37(29,2)3/h7-21H,1-6H3/q+1. The monoisotopic (exact) mass is 549 g/mol. The van der Waals surface area contributed by atoms with Gasteiger partial charge in [0.1, 0.15) is 26.3 Å². The first-order valence-electron chi connectivity index (χ1n) is 14.2. The van der Waals surface area contributed by atoms with Crippen molar-refractivity contribution < 1.29 is 8.98 Å². The first-order valence-corrected chi connectivity index (χ1v) is 17.2. The number of hydrogen-bond acceptors (Lipinski definition) is 2. The second-order valence-corrected chi connectivity index (χ2v) is 16.8. The van der Waals surface area contributed by atoms with Gasteiger partial charge < -0.3 is 4.42 Å². The van der Waals surface area contributed by atoms with Crippen LogP contribution in [0.2, 0.25) is 13.1 Å². The highest BCUT2D eigenvalue weighted by molar-refractivity contribution is 7.01. The smallest absolute Gasteiger partial charge is 0.216 e. The number of nitrogens with zero attached hydrogens (tertiary/aromatic N) is 2. The van der Waals surface area contributed by atoms with E-state index in [1.807, 2.05) is 18.2 Å². The van der Waals surface area contributed by atoms with Gasteiger partial charge in [0, 0.05) is 33.9 Å². The van der Waals surface area contributed by atoms with Gasteiger partial charge in [-0.2, -0.15) is 5.26 Å². The van der Waals surface area contributed by atoms with Crippen molar-refractivity contribution >= 4 is 40.4 Å². The molecule has 200 valence electrons.